The Labute approximate surface area is 329 Å². The van der Waals surface area contributed by atoms with Gasteiger partial charge in [0.15, 0.2) is 18.9 Å². The Kier molecular flexibility index (Phi) is 12.9. The highest BCUT2D eigenvalue weighted by atomic mass is 32.2. The number of fused-ring (bicyclic) bond motifs is 1. The van der Waals surface area contributed by atoms with Crippen LogP contribution in [0.25, 0.3) is 16.8 Å². The predicted molar refractivity (Wildman–Crippen MR) is 217 cm³/mol. The van der Waals surface area contributed by atoms with Crippen molar-refractivity contribution in [3.63, 3.8) is 0 Å². The molecule has 0 fully saturated rings. The highest BCUT2D eigenvalue weighted by Gasteiger charge is 2.37. The number of nitrogens with zero attached hydrogens (tertiary/aromatic N) is 6. The summed E-state index contributed by atoms with van der Waals surface area (Å²) in [6.45, 7) is 21.8. The summed E-state index contributed by atoms with van der Waals surface area (Å²) in [4.78, 5) is 45.2. The van der Waals surface area contributed by atoms with Crippen molar-refractivity contribution in [3.05, 3.63) is 77.1 Å². The summed E-state index contributed by atoms with van der Waals surface area (Å²) >= 11 is 0. The van der Waals surface area contributed by atoms with Crippen molar-refractivity contribution in [1.82, 2.24) is 19.5 Å². The van der Waals surface area contributed by atoms with E-state index in [9.17, 15) is 28.1 Å². The Morgan fingerprint density at radius 3 is 2.16 bits per heavy atom. The number of anilines is 2. The fraction of sp³-hybridized carbons (Fsp3) is 0.474. The Balaban J connectivity index is 1.67. The van der Waals surface area contributed by atoms with Gasteiger partial charge in [0.2, 0.25) is 0 Å². The van der Waals surface area contributed by atoms with E-state index in [2.05, 4.69) is 43.7 Å². The number of amides is 2. The first-order valence-corrected chi connectivity index (χ1v) is 22.5. The second kappa shape index (κ2) is 16.6. The molecule has 0 aliphatic rings. The molecule has 2 amide bonds. The average molecular weight is 812 g/mol. The zero-order chi connectivity index (χ0) is 41.9. The Hall–Kier alpha value is -5.07. The summed E-state index contributed by atoms with van der Waals surface area (Å²) < 4.78 is 48.3. The number of carbonyl (C=O) groups is 2. The first kappa shape index (κ1) is 43.7. The van der Waals surface area contributed by atoms with Gasteiger partial charge in [-0.05, 0) is 89.5 Å². The lowest BCUT2D eigenvalue weighted by molar-refractivity contribution is -0.387. The van der Waals surface area contributed by atoms with Gasteiger partial charge in [-0.15, -0.1) is 0 Å². The van der Waals surface area contributed by atoms with Gasteiger partial charge in [-0.25, -0.2) is 27.5 Å². The van der Waals surface area contributed by atoms with Crippen LogP contribution in [0.3, 0.4) is 0 Å². The van der Waals surface area contributed by atoms with Crippen molar-refractivity contribution in [2.45, 2.75) is 96.5 Å². The van der Waals surface area contributed by atoms with Crippen LogP contribution in [0.1, 0.15) is 62.3 Å². The molecule has 0 saturated carbocycles. The Morgan fingerprint density at radius 2 is 1.54 bits per heavy atom. The number of ether oxygens (including phenoxy) is 2. The van der Waals surface area contributed by atoms with Gasteiger partial charge < -0.3 is 18.8 Å². The molecule has 0 radical (unpaired) electrons. The van der Waals surface area contributed by atoms with E-state index in [-0.39, 0.29) is 42.8 Å². The van der Waals surface area contributed by atoms with E-state index in [4.69, 9.17) is 18.9 Å². The number of hydrogen-bond acceptors (Lipinski definition) is 11. The van der Waals surface area contributed by atoms with Crippen LogP contribution in [-0.4, -0.2) is 90.8 Å². The lowest BCUT2D eigenvalue weighted by Crippen LogP contribution is -2.47. The predicted octanol–water partition coefficient (Wildman–Crippen LogP) is 8.11. The Morgan fingerprint density at radius 1 is 0.893 bits per heavy atom. The Bertz CT molecular complexity index is 2170. The third-order valence-corrected chi connectivity index (χ3v) is 14.9. The van der Waals surface area contributed by atoms with E-state index < -0.39 is 57.2 Å². The van der Waals surface area contributed by atoms with Crippen LogP contribution in [0.15, 0.2) is 71.9 Å². The lowest BCUT2D eigenvalue weighted by Gasteiger charge is -2.37. The topological polar surface area (TPSA) is 188 Å². The van der Waals surface area contributed by atoms with Gasteiger partial charge in [0.1, 0.15) is 17.0 Å². The summed E-state index contributed by atoms with van der Waals surface area (Å²) in [5.41, 5.74) is -0.666. The van der Waals surface area contributed by atoms with Gasteiger partial charge >= 0.3 is 12.2 Å². The molecule has 4 aromatic rings. The number of hydrogen-bond donors (Lipinski definition) is 1. The second-order valence-electron chi connectivity index (χ2n) is 16.7. The molecule has 4 rings (SSSR count). The van der Waals surface area contributed by atoms with E-state index >= 15 is 0 Å². The molecule has 16 nitrogen and oxygen atoms in total. The maximum absolute atomic E-state index is 13.8. The fourth-order valence-electron chi connectivity index (χ4n) is 5.09. The average Bonchev–Trinajstić information content (AvgIpc) is 3.49. The first-order chi connectivity index (χ1) is 25.8. The highest BCUT2D eigenvalue weighted by Crippen LogP contribution is 2.36. The number of sulfonamides is 1. The van der Waals surface area contributed by atoms with Gasteiger partial charge in [-0.1, -0.05) is 45.0 Å². The van der Waals surface area contributed by atoms with Crippen molar-refractivity contribution in [3.8, 4) is 11.1 Å². The number of nitrogens with one attached hydrogen (secondary N) is 1. The maximum Gasteiger partial charge on any atom is 0.416 e. The van der Waals surface area contributed by atoms with Crippen molar-refractivity contribution in [1.29, 1.82) is 0 Å². The fourth-order valence-corrected chi connectivity index (χ4v) is 7.35. The smallest absolute Gasteiger partial charge is 0.416 e. The number of benzene rings is 2. The van der Waals surface area contributed by atoms with Crippen LogP contribution in [0, 0.1) is 10.1 Å². The molecule has 0 aliphatic heterocycles. The molecule has 0 unspecified atom stereocenters. The molecule has 2 heterocycles. The lowest BCUT2D eigenvalue weighted by atomic mass is 10.1. The van der Waals surface area contributed by atoms with E-state index in [0.29, 0.717) is 16.8 Å². The minimum absolute atomic E-state index is 0.0101. The number of rotatable bonds is 13. The van der Waals surface area contributed by atoms with Crippen LogP contribution < -0.4 is 9.62 Å². The molecule has 2 aromatic carbocycles. The van der Waals surface area contributed by atoms with Crippen molar-refractivity contribution in [2.75, 3.05) is 35.9 Å². The molecule has 304 valence electrons. The minimum atomic E-state index is -4.34. The third-order valence-electron chi connectivity index (χ3n) is 8.90. The summed E-state index contributed by atoms with van der Waals surface area (Å²) in [6.07, 6.45) is 1.92. The van der Waals surface area contributed by atoms with Crippen LogP contribution in [-0.2, 0) is 23.9 Å². The summed E-state index contributed by atoms with van der Waals surface area (Å²) in [5, 5.41) is 15.9. The zero-order valence-corrected chi connectivity index (χ0v) is 35.8. The normalized spacial score (nSPS) is 12.6. The number of para-hydroxylation sites is 1. The molecular weight excluding hydrogens is 759 g/mol. The molecule has 0 aliphatic carbocycles. The summed E-state index contributed by atoms with van der Waals surface area (Å²) in [7, 11) is -6.46. The number of carbonyl (C=O) groups excluding carboxylic acids is 2. The molecule has 0 saturated heterocycles. The van der Waals surface area contributed by atoms with Gasteiger partial charge in [0.05, 0.1) is 17.7 Å². The molecule has 1 N–H and O–H groups in total. The molecule has 56 heavy (non-hydrogen) atoms. The van der Waals surface area contributed by atoms with Crippen LogP contribution in [0.5, 0.6) is 0 Å². The SMILES string of the molecule is CC(C)(C)OC(=O)N(CCO[Si](C)(C)C(C)(C)C)CCN(C(=O)OC(C)(C)C)c1ccn2ncc(-c3cccc(NS(=O)(=O)c4ccccc4[N+](=O)[O-])c3)c2n1. The van der Waals surface area contributed by atoms with E-state index in [1.54, 1.807) is 78.2 Å². The number of nitro benzene ring substituents is 1. The van der Waals surface area contributed by atoms with Crippen molar-refractivity contribution in [2.24, 2.45) is 0 Å². The minimum Gasteiger partial charge on any atom is -0.444 e. The first-order valence-electron chi connectivity index (χ1n) is 18.1. The van der Waals surface area contributed by atoms with Crippen molar-refractivity contribution >= 4 is 53.4 Å². The van der Waals surface area contributed by atoms with Gasteiger partial charge in [0.25, 0.3) is 15.7 Å². The van der Waals surface area contributed by atoms with Gasteiger partial charge in [0, 0.05) is 43.1 Å². The molecule has 2 aromatic heterocycles. The standard InChI is InChI=1S/C38H53N7O9SSi/c1-36(2,3)53-34(46)42(23-24-52-56(10,11)38(7,8)9)21-22-43(35(47)54-37(4,5)6)32-19-20-44-33(40-32)29(26-39-44)27-15-14-16-28(25-27)41-55(50,51)31-18-13-12-17-30(31)45(48)49/h12-20,25-26,41H,21-24H2,1-11H3. The maximum atomic E-state index is 13.8. The molecule has 0 atom stereocenters. The largest absolute Gasteiger partial charge is 0.444 e. The number of nitro groups is 1. The van der Waals surface area contributed by atoms with Crippen LogP contribution in [0.2, 0.25) is 18.1 Å². The summed E-state index contributed by atoms with van der Waals surface area (Å²) in [5.74, 6) is 0.211. The number of aromatic nitrogens is 3. The third kappa shape index (κ3) is 11.3. The second-order valence-corrected chi connectivity index (χ2v) is 23.2. The zero-order valence-electron chi connectivity index (χ0n) is 33.9. The van der Waals surface area contributed by atoms with E-state index in [0.717, 1.165) is 12.1 Å². The van der Waals surface area contributed by atoms with E-state index in [1.807, 2.05) is 0 Å². The van der Waals surface area contributed by atoms with Crippen LogP contribution >= 0.6 is 0 Å². The molecule has 18 heteroatoms. The highest BCUT2D eigenvalue weighted by molar-refractivity contribution is 7.92. The van der Waals surface area contributed by atoms with Crippen LogP contribution in [0.4, 0.5) is 26.8 Å². The molecule has 0 bridgehead atoms. The molecule has 0 spiro atoms. The van der Waals surface area contributed by atoms with E-state index in [1.165, 1.54) is 32.5 Å². The monoisotopic (exact) mass is 811 g/mol. The van der Waals surface area contributed by atoms with Gasteiger partial charge in [-0.2, -0.15) is 5.10 Å². The summed E-state index contributed by atoms with van der Waals surface area (Å²) in [6, 6.07) is 13.1. The quantitative estimate of drug-likeness (QED) is 0.0781. The van der Waals surface area contributed by atoms with Crippen molar-refractivity contribution < 1.29 is 36.8 Å². The molecular formula is C38H53N7O9SSi. The van der Waals surface area contributed by atoms with Gasteiger partial charge in [-0.3, -0.25) is 19.7 Å².